The molecule has 0 spiro atoms. The van der Waals surface area contributed by atoms with Crippen LogP contribution in [-0.2, 0) is 0 Å². The van der Waals surface area contributed by atoms with Crippen molar-refractivity contribution in [2.24, 2.45) is 0 Å². The molecule has 4 heterocycles. The van der Waals surface area contributed by atoms with Gasteiger partial charge in [0.05, 0.1) is 16.7 Å². The number of furan rings is 2. The highest BCUT2D eigenvalue weighted by Crippen LogP contribution is 2.43. The molecule has 0 radical (unpaired) electrons. The molecule has 0 aliphatic heterocycles. The number of benzene rings is 9. The van der Waals surface area contributed by atoms with Crippen LogP contribution in [0, 0.1) is 0 Å². The summed E-state index contributed by atoms with van der Waals surface area (Å²) in [6.45, 7) is 0. The number of fused-ring (bicyclic) bond motifs is 11. The fraction of sp³-hybridized carbons (Fsp3) is 0. The predicted octanol–water partition coefficient (Wildman–Crippen LogP) is 14.1. The van der Waals surface area contributed by atoms with Crippen molar-refractivity contribution in [3.05, 3.63) is 182 Å². The lowest BCUT2D eigenvalue weighted by Crippen LogP contribution is -2.01. The summed E-state index contributed by atoms with van der Waals surface area (Å²) < 4.78 is 15.6. The molecule has 13 rings (SSSR count). The number of para-hydroxylation sites is 3. The summed E-state index contributed by atoms with van der Waals surface area (Å²) in [7, 11) is 0. The zero-order valence-electron chi connectivity index (χ0n) is 31.4. The lowest BCUT2D eigenvalue weighted by molar-refractivity contribution is 0.666. The average Bonchev–Trinajstić information content (AvgIpc) is 3.97. The van der Waals surface area contributed by atoms with Crippen molar-refractivity contribution in [2.45, 2.75) is 0 Å². The summed E-state index contributed by atoms with van der Waals surface area (Å²) in [6.07, 6.45) is 0. The van der Waals surface area contributed by atoms with Gasteiger partial charge in [0.25, 0.3) is 0 Å². The van der Waals surface area contributed by atoms with E-state index >= 15 is 0 Å². The molecule has 0 aliphatic carbocycles. The van der Waals surface area contributed by atoms with Gasteiger partial charge in [-0.15, -0.1) is 0 Å². The second kappa shape index (κ2) is 12.2. The molecule has 0 amide bonds. The number of aromatic nitrogens is 4. The zero-order chi connectivity index (χ0) is 38.6. The summed E-state index contributed by atoms with van der Waals surface area (Å²) in [5, 5.41) is 11.1. The van der Waals surface area contributed by atoms with Gasteiger partial charge in [-0.2, -0.15) is 0 Å². The smallest absolute Gasteiger partial charge is 0.164 e. The van der Waals surface area contributed by atoms with Gasteiger partial charge in [0.2, 0.25) is 0 Å². The molecule has 0 aliphatic rings. The van der Waals surface area contributed by atoms with Crippen molar-refractivity contribution >= 4 is 87.2 Å². The lowest BCUT2D eigenvalue weighted by Gasteiger charge is -2.13. The van der Waals surface area contributed by atoms with Crippen molar-refractivity contribution in [2.75, 3.05) is 0 Å². The quantitative estimate of drug-likeness (QED) is 0.179. The van der Waals surface area contributed by atoms with Crippen molar-refractivity contribution < 1.29 is 8.83 Å². The Labute approximate surface area is 336 Å². The van der Waals surface area contributed by atoms with Gasteiger partial charge >= 0.3 is 0 Å². The first-order chi connectivity index (χ1) is 29.2. The number of rotatable bonds is 4. The van der Waals surface area contributed by atoms with Crippen molar-refractivity contribution in [3.63, 3.8) is 0 Å². The van der Waals surface area contributed by atoms with Gasteiger partial charge in [0.15, 0.2) is 23.1 Å². The molecule has 4 aromatic heterocycles. The molecule has 6 heteroatoms. The van der Waals surface area contributed by atoms with Gasteiger partial charge in [-0.1, -0.05) is 121 Å². The van der Waals surface area contributed by atoms with Crippen molar-refractivity contribution in [3.8, 4) is 39.9 Å². The van der Waals surface area contributed by atoms with Crippen molar-refractivity contribution in [1.82, 2.24) is 19.5 Å². The van der Waals surface area contributed by atoms with Crippen LogP contribution in [0.5, 0.6) is 0 Å². The van der Waals surface area contributed by atoms with Crippen molar-refractivity contribution in [1.29, 1.82) is 0 Å². The molecule has 0 fully saturated rings. The highest BCUT2D eigenvalue weighted by Gasteiger charge is 2.23. The van der Waals surface area contributed by atoms with E-state index in [1.54, 1.807) is 0 Å². The zero-order valence-corrected chi connectivity index (χ0v) is 31.4. The third-order valence-electron chi connectivity index (χ3n) is 11.8. The third kappa shape index (κ3) is 4.84. The van der Waals surface area contributed by atoms with Crippen LogP contribution in [0.3, 0.4) is 0 Å². The van der Waals surface area contributed by atoms with E-state index in [1.807, 2.05) is 36.4 Å². The molecule has 0 N–H and O–H groups in total. The minimum Gasteiger partial charge on any atom is -0.456 e. The molecular formula is C53H30N4O2. The van der Waals surface area contributed by atoms with E-state index in [9.17, 15) is 0 Å². The molecule has 0 bridgehead atoms. The van der Waals surface area contributed by atoms with E-state index in [0.29, 0.717) is 17.5 Å². The predicted molar refractivity (Wildman–Crippen MR) is 240 cm³/mol. The van der Waals surface area contributed by atoms with Gasteiger partial charge < -0.3 is 13.4 Å². The monoisotopic (exact) mass is 754 g/mol. The van der Waals surface area contributed by atoms with E-state index in [-0.39, 0.29) is 0 Å². The van der Waals surface area contributed by atoms with Gasteiger partial charge in [-0.05, 0) is 82.2 Å². The molecule has 9 aromatic carbocycles. The lowest BCUT2D eigenvalue weighted by atomic mass is 10.0. The number of hydrogen-bond donors (Lipinski definition) is 0. The topological polar surface area (TPSA) is 69.9 Å². The second-order valence-corrected chi connectivity index (χ2v) is 15.2. The largest absolute Gasteiger partial charge is 0.456 e. The van der Waals surface area contributed by atoms with Crippen LogP contribution in [0.25, 0.3) is 127 Å². The van der Waals surface area contributed by atoms with E-state index < -0.39 is 0 Å². The molecule has 274 valence electrons. The Kier molecular flexibility index (Phi) is 6.63. The minimum absolute atomic E-state index is 0.555. The Morgan fingerprint density at radius 3 is 1.76 bits per heavy atom. The summed E-state index contributed by atoms with van der Waals surface area (Å²) in [4.78, 5) is 15.7. The highest BCUT2D eigenvalue weighted by molar-refractivity contribution is 6.18. The maximum Gasteiger partial charge on any atom is 0.164 e. The fourth-order valence-corrected chi connectivity index (χ4v) is 9.04. The van der Waals surface area contributed by atoms with Gasteiger partial charge in [-0.25, -0.2) is 15.0 Å². The Morgan fingerprint density at radius 2 is 0.949 bits per heavy atom. The summed E-state index contributed by atoms with van der Waals surface area (Å²) in [5.74, 6) is 1.69. The van der Waals surface area contributed by atoms with Gasteiger partial charge in [-0.3, -0.25) is 0 Å². The van der Waals surface area contributed by atoms with Gasteiger partial charge in [0.1, 0.15) is 16.7 Å². The molecule has 6 nitrogen and oxygen atoms in total. The van der Waals surface area contributed by atoms with Crippen LogP contribution in [0.1, 0.15) is 0 Å². The number of nitrogens with zero attached hydrogens (tertiary/aromatic N) is 4. The third-order valence-corrected chi connectivity index (χ3v) is 11.8. The van der Waals surface area contributed by atoms with Crippen LogP contribution in [0.15, 0.2) is 191 Å². The first kappa shape index (κ1) is 32.0. The van der Waals surface area contributed by atoms with E-state index in [0.717, 1.165) is 88.1 Å². The molecule has 0 saturated carbocycles. The van der Waals surface area contributed by atoms with Crippen LogP contribution < -0.4 is 0 Å². The molecule has 59 heavy (non-hydrogen) atoms. The van der Waals surface area contributed by atoms with E-state index in [1.165, 1.54) is 21.5 Å². The molecule has 13 aromatic rings. The summed E-state index contributed by atoms with van der Waals surface area (Å²) in [6, 6.07) is 63.3. The SMILES string of the molecule is c1ccc2cc(-c3nc(-c4ccc5c(c4)oc4ccccc45)nc(-c4ccc(-n5c6ccccc6c6cc7ccccc7cc65)c5oc6ccccc6c45)n3)ccc2c1. The Bertz CT molecular complexity index is 3870. The maximum atomic E-state index is 6.91. The molecule has 0 saturated heterocycles. The highest BCUT2D eigenvalue weighted by atomic mass is 16.3. The summed E-state index contributed by atoms with van der Waals surface area (Å²) >= 11 is 0. The van der Waals surface area contributed by atoms with Crippen LogP contribution in [0.4, 0.5) is 0 Å². The van der Waals surface area contributed by atoms with Crippen LogP contribution >= 0.6 is 0 Å². The second-order valence-electron chi connectivity index (χ2n) is 15.2. The fourth-order valence-electron chi connectivity index (χ4n) is 9.04. The standard InChI is InChI=1S/C53H30N4O2/c1-2-12-32-27-35(22-21-31(32)11-1)51-54-52(36-23-24-39-38-16-6-9-19-46(38)58-48(39)30-36)56-53(55-51)41-25-26-44(50-49(41)40-17-7-10-20-47(40)59-50)57-43-18-8-5-15-37(43)42-28-33-13-3-4-14-34(33)29-45(42)57/h1-30H. The number of hydrogen-bond acceptors (Lipinski definition) is 5. The van der Waals surface area contributed by atoms with E-state index in [4.69, 9.17) is 23.8 Å². The van der Waals surface area contributed by atoms with E-state index in [2.05, 4.69) is 150 Å². The minimum atomic E-state index is 0.555. The maximum absolute atomic E-state index is 6.91. The normalized spacial score (nSPS) is 12.1. The first-order valence-corrected chi connectivity index (χ1v) is 19.8. The molecule has 0 unspecified atom stereocenters. The molecule has 0 atom stereocenters. The first-order valence-electron chi connectivity index (χ1n) is 19.8. The Hall–Kier alpha value is -8.09. The van der Waals surface area contributed by atoms with Crippen LogP contribution in [-0.4, -0.2) is 19.5 Å². The average molecular weight is 755 g/mol. The van der Waals surface area contributed by atoms with Crippen LogP contribution in [0.2, 0.25) is 0 Å². The molecular weight excluding hydrogens is 725 g/mol. The van der Waals surface area contributed by atoms with Gasteiger partial charge in [0, 0.05) is 49.0 Å². The summed E-state index contributed by atoms with van der Waals surface area (Å²) in [5.41, 5.74) is 8.94. The Balaban J connectivity index is 1.09. The Morgan fingerprint density at radius 1 is 0.356 bits per heavy atom.